The van der Waals surface area contributed by atoms with Crippen LogP contribution in [0.25, 0.3) is 0 Å². The Hall–Kier alpha value is -3.06. The highest BCUT2D eigenvalue weighted by atomic mass is 16.5. The number of carbonyl (C=O) groups excluding carboxylic acids is 2. The van der Waals surface area contributed by atoms with Gasteiger partial charge >= 0.3 is 0 Å². The number of amides is 2. The molecule has 2 amide bonds. The van der Waals surface area contributed by atoms with Gasteiger partial charge in [-0.05, 0) is 54.4 Å². The van der Waals surface area contributed by atoms with Crippen LogP contribution < -0.4 is 20.3 Å². The van der Waals surface area contributed by atoms with Gasteiger partial charge < -0.3 is 25.0 Å². The fourth-order valence-electron chi connectivity index (χ4n) is 3.30. The molecule has 0 unspecified atom stereocenters. The minimum Gasteiger partial charge on any atom is -0.497 e. The molecule has 2 aromatic carbocycles. The van der Waals surface area contributed by atoms with Crippen molar-refractivity contribution in [2.24, 2.45) is 5.92 Å². The van der Waals surface area contributed by atoms with E-state index in [9.17, 15) is 9.59 Å². The third-order valence-corrected chi connectivity index (χ3v) is 5.10. The van der Waals surface area contributed by atoms with E-state index in [2.05, 4.69) is 15.5 Å². The van der Waals surface area contributed by atoms with Crippen LogP contribution in [0.3, 0.4) is 0 Å². The maximum absolute atomic E-state index is 12.8. The summed E-state index contributed by atoms with van der Waals surface area (Å²) >= 11 is 0. The number of nitrogens with zero attached hydrogens (tertiary/aromatic N) is 1. The Labute approximate surface area is 177 Å². The number of carbonyl (C=O) groups is 2. The van der Waals surface area contributed by atoms with E-state index in [-0.39, 0.29) is 17.7 Å². The van der Waals surface area contributed by atoms with Crippen LogP contribution >= 0.6 is 0 Å². The van der Waals surface area contributed by atoms with Gasteiger partial charge in [0.1, 0.15) is 11.8 Å². The lowest BCUT2D eigenvalue weighted by Crippen LogP contribution is -2.47. The van der Waals surface area contributed by atoms with Crippen molar-refractivity contribution in [2.45, 2.75) is 19.9 Å². The third-order valence-electron chi connectivity index (χ3n) is 5.10. The highest BCUT2D eigenvalue weighted by Gasteiger charge is 2.25. The van der Waals surface area contributed by atoms with E-state index in [0.29, 0.717) is 17.0 Å². The number of hydrogen-bond donors (Lipinski definition) is 2. The average Bonchev–Trinajstić information content (AvgIpc) is 2.78. The summed E-state index contributed by atoms with van der Waals surface area (Å²) in [5.41, 5.74) is 2.27. The number of ether oxygens (including phenoxy) is 2. The van der Waals surface area contributed by atoms with E-state index in [1.54, 1.807) is 31.4 Å². The third kappa shape index (κ3) is 5.51. The molecule has 1 heterocycles. The van der Waals surface area contributed by atoms with Crippen LogP contribution in [0.1, 0.15) is 24.2 Å². The molecule has 7 nitrogen and oxygen atoms in total. The first-order chi connectivity index (χ1) is 14.5. The highest BCUT2D eigenvalue weighted by Crippen LogP contribution is 2.20. The van der Waals surface area contributed by atoms with Gasteiger partial charge in [-0.2, -0.15) is 0 Å². The molecule has 1 fully saturated rings. The Balaban J connectivity index is 1.62. The Morgan fingerprint density at radius 2 is 1.63 bits per heavy atom. The first-order valence-electron chi connectivity index (χ1n) is 10.2. The fraction of sp³-hybridized carbons (Fsp3) is 0.391. The summed E-state index contributed by atoms with van der Waals surface area (Å²) in [6.45, 7) is 6.97. The quantitative estimate of drug-likeness (QED) is 0.732. The number of morpholine rings is 1. The summed E-state index contributed by atoms with van der Waals surface area (Å²) in [6, 6.07) is 13.9. The molecular formula is C23H29N3O4. The number of rotatable bonds is 7. The monoisotopic (exact) mass is 411 g/mol. The van der Waals surface area contributed by atoms with E-state index in [0.717, 1.165) is 32.0 Å². The number of nitrogens with one attached hydrogen (secondary N) is 2. The second kappa shape index (κ2) is 10.1. The molecule has 7 heteroatoms. The van der Waals surface area contributed by atoms with Crippen molar-refractivity contribution < 1.29 is 19.1 Å². The molecule has 1 aliphatic rings. The van der Waals surface area contributed by atoms with Gasteiger partial charge in [0.25, 0.3) is 5.91 Å². The molecule has 3 rings (SSSR count). The lowest BCUT2D eigenvalue weighted by molar-refractivity contribution is -0.118. The SMILES string of the molecule is COc1ccc(C(=O)N[C@H](C(=O)Nc2ccc(N3CCOCC3)cc2)C(C)C)cc1. The standard InChI is InChI=1S/C23H29N3O4/c1-16(2)21(25-22(27)17-4-10-20(29-3)11-5-17)23(28)24-18-6-8-19(9-7-18)26-12-14-30-15-13-26/h4-11,16,21H,12-15H2,1-3H3,(H,24,28)(H,25,27)/t21-/m0/s1. The van der Waals surface area contributed by atoms with Gasteiger partial charge in [-0.1, -0.05) is 13.8 Å². The lowest BCUT2D eigenvalue weighted by atomic mass is 10.0. The topological polar surface area (TPSA) is 79.9 Å². The maximum atomic E-state index is 12.8. The van der Waals surface area contributed by atoms with Crippen LogP contribution in [0.4, 0.5) is 11.4 Å². The zero-order valence-electron chi connectivity index (χ0n) is 17.7. The highest BCUT2D eigenvalue weighted by molar-refractivity contribution is 6.01. The Bertz CT molecular complexity index is 844. The van der Waals surface area contributed by atoms with Crippen LogP contribution in [0.5, 0.6) is 5.75 Å². The molecule has 0 radical (unpaired) electrons. The summed E-state index contributed by atoms with van der Waals surface area (Å²) in [6.07, 6.45) is 0. The second-order valence-corrected chi connectivity index (χ2v) is 7.56. The second-order valence-electron chi connectivity index (χ2n) is 7.56. The summed E-state index contributed by atoms with van der Waals surface area (Å²) < 4.78 is 10.5. The number of anilines is 2. The van der Waals surface area contributed by atoms with E-state index in [4.69, 9.17) is 9.47 Å². The fourth-order valence-corrected chi connectivity index (χ4v) is 3.30. The van der Waals surface area contributed by atoms with Crippen LogP contribution in [0, 0.1) is 5.92 Å². The van der Waals surface area contributed by atoms with Gasteiger partial charge in [0.2, 0.25) is 5.91 Å². The van der Waals surface area contributed by atoms with Gasteiger partial charge in [-0.3, -0.25) is 9.59 Å². The number of benzene rings is 2. The molecule has 160 valence electrons. The molecule has 0 aliphatic carbocycles. The van der Waals surface area contributed by atoms with Gasteiger partial charge in [0, 0.05) is 30.0 Å². The Morgan fingerprint density at radius 1 is 1.00 bits per heavy atom. The number of hydrogen-bond acceptors (Lipinski definition) is 5. The largest absolute Gasteiger partial charge is 0.497 e. The Morgan fingerprint density at radius 3 is 2.20 bits per heavy atom. The van der Waals surface area contributed by atoms with Crippen molar-refractivity contribution in [3.63, 3.8) is 0 Å². The molecule has 0 aromatic heterocycles. The summed E-state index contributed by atoms with van der Waals surface area (Å²) in [7, 11) is 1.57. The van der Waals surface area contributed by atoms with Crippen LogP contribution in [-0.2, 0) is 9.53 Å². The Kier molecular flexibility index (Phi) is 7.30. The molecule has 0 saturated carbocycles. The lowest BCUT2D eigenvalue weighted by Gasteiger charge is -2.29. The molecule has 1 aliphatic heterocycles. The zero-order valence-corrected chi connectivity index (χ0v) is 17.7. The van der Waals surface area contributed by atoms with Crippen LogP contribution in [-0.4, -0.2) is 51.3 Å². The molecule has 1 saturated heterocycles. The first-order valence-corrected chi connectivity index (χ1v) is 10.2. The molecule has 0 spiro atoms. The van der Waals surface area contributed by atoms with Gasteiger partial charge in [-0.25, -0.2) is 0 Å². The molecule has 2 aromatic rings. The van der Waals surface area contributed by atoms with Crippen LogP contribution in [0.2, 0.25) is 0 Å². The summed E-state index contributed by atoms with van der Waals surface area (Å²) in [5, 5.41) is 5.75. The van der Waals surface area contributed by atoms with Crippen molar-refractivity contribution in [3.8, 4) is 5.75 Å². The van der Waals surface area contributed by atoms with E-state index >= 15 is 0 Å². The zero-order chi connectivity index (χ0) is 21.5. The first kappa shape index (κ1) is 21.6. The minimum atomic E-state index is -0.654. The molecule has 30 heavy (non-hydrogen) atoms. The van der Waals surface area contributed by atoms with Gasteiger partial charge in [0.15, 0.2) is 0 Å². The summed E-state index contributed by atoms with van der Waals surface area (Å²) in [4.78, 5) is 27.7. The molecular weight excluding hydrogens is 382 g/mol. The maximum Gasteiger partial charge on any atom is 0.251 e. The van der Waals surface area contributed by atoms with Gasteiger partial charge in [-0.15, -0.1) is 0 Å². The average molecular weight is 412 g/mol. The molecule has 2 N–H and O–H groups in total. The summed E-state index contributed by atoms with van der Waals surface area (Å²) in [5.74, 6) is 0.0604. The van der Waals surface area contributed by atoms with Gasteiger partial charge in [0.05, 0.1) is 20.3 Å². The predicted octanol–water partition coefficient (Wildman–Crippen LogP) is 2.92. The van der Waals surface area contributed by atoms with Crippen molar-refractivity contribution in [1.82, 2.24) is 5.32 Å². The molecule has 0 bridgehead atoms. The van der Waals surface area contributed by atoms with Crippen molar-refractivity contribution >= 4 is 23.2 Å². The van der Waals surface area contributed by atoms with Crippen molar-refractivity contribution in [3.05, 3.63) is 54.1 Å². The smallest absolute Gasteiger partial charge is 0.251 e. The van der Waals surface area contributed by atoms with Crippen LogP contribution in [0.15, 0.2) is 48.5 Å². The normalized spacial score (nSPS) is 14.9. The number of methoxy groups -OCH3 is 1. The molecule has 1 atom stereocenters. The van der Waals surface area contributed by atoms with E-state index in [1.165, 1.54) is 0 Å². The van der Waals surface area contributed by atoms with E-state index in [1.807, 2.05) is 38.1 Å². The predicted molar refractivity (Wildman–Crippen MR) is 117 cm³/mol. The van der Waals surface area contributed by atoms with Crippen molar-refractivity contribution in [1.29, 1.82) is 0 Å². The minimum absolute atomic E-state index is 0.0696. The van der Waals surface area contributed by atoms with Crippen molar-refractivity contribution in [2.75, 3.05) is 43.6 Å². The van der Waals surface area contributed by atoms with E-state index < -0.39 is 6.04 Å².